The molecule has 2 saturated heterocycles. The number of rotatable bonds is 6. The molecule has 0 saturated carbocycles. The summed E-state index contributed by atoms with van der Waals surface area (Å²) in [6, 6.07) is 0. The molecule has 0 aromatic carbocycles. The first-order valence-electron chi connectivity index (χ1n) is 7.76. The molecule has 7 heteroatoms. The van der Waals surface area contributed by atoms with Crippen molar-refractivity contribution in [3.63, 3.8) is 0 Å². The van der Waals surface area contributed by atoms with Gasteiger partial charge in [-0.05, 0) is 19.4 Å². The molecule has 124 valence electrons. The molecule has 2 atom stereocenters. The quantitative estimate of drug-likeness (QED) is 0.775. The molecule has 2 rings (SSSR count). The normalized spacial score (nSPS) is 32.2. The topological polar surface area (TPSA) is 58.6 Å². The van der Waals surface area contributed by atoms with Crippen LogP contribution in [0.3, 0.4) is 0 Å². The lowest BCUT2D eigenvalue weighted by Crippen LogP contribution is -2.55. The van der Waals surface area contributed by atoms with Gasteiger partial charge >= 0.3 is 0 Å². The van der Waals surface area contributed by atoms with Crippen LogP contribution in [-0.2, 0) is 14.6 Å². The van der Waals surface area contributed by atoms with E-state index in [9.17, 15) is 8.42 Å². The molecule has 2 heterocycles. The molecule has 2 fully saturated rings. The third-order valence-electron chi connectivity index (χ3n) is 4.38. The molecule has 2 aliphatic rings. The Hall–Kier alpha value is 0.180. The number of sulfone groups is 1. The van der Waals surface area contributed by atoms with Gasteiger partial charge in [0.25, 0.3) is 0 Å². The number of thioether (sulfide) groups is 1. The zero-order valence-corrected chi connectivity index (χ0v) is 14.8. The molecule has 0 aliphatic carbocycles. The van der Waals surface area contributed by atoms with E-state index in [1.165, 1.54) is 6.26 Å². The predicted octanol–water partition coefficient (Wildman–Crippen LogP) is 0.812. The van der Waals surface area contributed by atoms with Crippen LogP contribution in [0.5, 0.6) is 0 Å². The summed E-state index contributed by atoms with van der Waals surface area (Å²) in [4.78, 5) is 2.18. The van der Waals surface area contributed by atoms with Gasteiger partial charge in [-0.1, -0.05) is 6.92 Å². The molecule has 0 radical (unpaired) electrons. The summed E-state index contributed by atoms with van der Waals surface area (Å²) >= 11 is 1.74. The SMILES string of the molecule is CCNCC1(CN2CCSCC2S(C)(=O)=O)CCCOC1. The summed E-state index contributed by atoms with van der Waals surface area (Å²) in [6.45, 7) is 7.19. The van der Waals surface area contributed by atoms with Crippen molar-refractivity contribution in [2.24, 2.45) is 5.41 Å². The Morgan fingerprint density at radius 3 is 2.90 bits per heavy atom. The van der Waals surface area contributed by atoms with Crippen LogP contribution in [0, 0.1) is 5.41 Å². The Morgan fingerprint density at radius 1 is 1.48 bits per heavy atom. The Kier molecular flexibility index (Phi) is 6.38. The largest absolute Gasteiger partial charge is 0.381 e. The monoisotopic (exact) mass is 336 g/mol. The molecular formula is C14H28N2O3S2. The zero-order valence-electron chi connectivity index (χ0n) is 13.1. The third-order valence-corrected chi connectivity index (χ3v) is 7.06. The molecule has 2 unspecified atom stereocenters. The fourth-order valence-electron chi connectivity index (χ4n) is 3.24. The maximum absolute atomic E-state index is 12.1. The van der Waals surface area contributed by atoms with Crippen molar-refractivity contribution < 1.29 is 13.2 Å². The van der Waals surface area contributed by atoms with E-state index in [1.54, 1.807) is 11.8 Å². The first-order valence-corrected chi connectivity index (χ1v) is 10.9. The summed E-state index contributed by atoms with van der Waals surface area (Å²) in [5.74, 6) is 1.71. The Labute approximate surface area is 133 Å². The Morgan fingerprint density at radius 2 is 2.29 bits per heavy atom. The number of nitrogens with one attached hydrogen (secondary N) is 1. The Bertz CT molecular complexity index is 422. The molecule has 0 bridgehead atoms. The number of hydrogen-bond donors (Lipinski definition) is 1. The predicted molar refractivity (Wildman–Crippen MR) is 88.6 cm³/mol. The fraction of sp³-hybridized carbons (Fsp3) is 1.00. The van der Waals surface area contributed by atoms with Crippen LogP contribution in [0.1, 0.15) is 19.8 Å². The number of ether oxygens (including phenoxy) is 1. The summed E-state index contributed by atoms with van der Waals surface area (Å²) in [7, 11) is -3.03. The van der Waals surface area contributed by atoms with Gasteiger partial charge in [-0.25, -0.2) is 8.42 Å². The highest BCUT2D eigenvalue weighted by atomic mass is 32.2. The smallest absolute Gasteiger partial charge is 0.164 e. The minimum Gasteiger partial charge on any atom is -0.381 e. The second kappa shape index (κ2) is 7.64. The van der Waals surface area contributed by atoms with Crippen molar-refractivity contribution >= 4 is 21.6 Å². The second-order valence-electron chi connectivity index (χ2n) is 6.27. The molecule has 21 heavy (non-hydrogen) atoms. The van der Waals surface area contributed by atoms with E-state index < -0.39 is 9.84 Å². The van der Waals surface area contributed by atoms with Crippen molar-refractivity contribution in [1.82, 2.24) is 10.2 Å². The van der Waals surface area contributed by atoms with Crippen molar-refractivity contribution in [3.05, 3.63) is 0 Å². The highest BCUT2D eigenvalue weighted by Gasteiger charge is 2.39. The van der Waals surface area contributed by atoms with E-state index in [0.717, 1.165) is 58.0 Å². The van der Waals surface area contributed by atoms with Crippen LogP contribution in [0.25, 0.3) is 0 Å². The van der Waals surface area contributed by atoms with Gasteiger partial charge in [-0.2, -0.15) is 11.8 Å². The van der Waals surface area contributed by atoms with E-state index in [1.807, 2.05) is 0 Å². The molecular weight excluding hydrogens is 308 g/mol. The molecule has 2 aliphatic heterocycles. The highest BCUT2D eigenvalue weighted by molar-refractivity contribution is 8.00. The summed E-state index contributed by atoms with van der Waals surface area (Å²) in [5.41, 5.74) is 0.0548. The molecule has 0 aromatic heterocycles. The summed E-state index contributed by atoms with van der Waals surface area (Å²) in [5, 5.41) is 3.10. The van der Waals surface area contributed by atoms with Crippen LogP contribution < -0.4 is 5.32 Å². The van der Waals surface area contributed by atoms with E-state index in [-0.39, 0.29) is 10.8 Å². The van der Waals surface area contributed by atoms with E-state index in [0.29, 0.717) is 5.75 Å². The van der Waals surface area contributed by atoms with E-state index in [4.69, 9.17) is 4.74 Å². The zero-order chi connectivity index (χ0) is 15.3. The maximum Gasteiger partial charge on any atom is 0.164 e. The minimum absolute atomic E-state index is 0.0548. The van der Waals surface area contributed by atoms with Crippen molar-refractivity contribution in [1.29, 1.82) is 0 Å². The van der Waals surface area contributed by atoms with Crippen LogP contribution in [0.2, 0.25) is 0 Å². The van der Waals surface area contributed by atoms with Crippen LogP contribution in [0.4, 0.5) is 0 Å². The van der Waals surface area contributed by atoms with Crippen LogP contribution >= 0.6 is 11.8 Å². The lowest BCUT2D eigenvalue weighted by Gasteiger charge is -2.44. The van der Waals surface area contributed by atoms with Crippen LogP contribution in [-0.4, -0.2) is 75.8 Å². The van der Waals surface area contributed by atoms with Crippen molar-refractivity contribution in [2.75, 3.05) is 57.2 Å². The minimum atomic E-state index is -3.03. The highest BCUT2D eigenvalue weighted by Crippen LogP contribution is 2.32. The lowest BCUT2D eigenvalue weighted by atomic mass is 9.81. The summed E-state index contributed by atoms with van der Waals surface area (Å²) in [6.07, 6.45) is 3.54. The van der Waals surface area contributed by atoms with Crippen LogP contribution in [0.15, 0.2) is 0 Å². The first-order chi connectivity index (χ1) is 9.97. The first kappa shape index (κ1) is 17.5. The number of nitrogens with zero attached hydrogens (tertiary/aromatic N) is 1. The van der Waals surface area contributed by atoms with Gasteiger partial charge in [0.2, 0.25) is 0 Å². The van der Waals surface area contributed by atoms with Gasteiger partial charge in [-0.15, -0.1) is 0 Å². The van der Waals surface area contributed by atoms with Gasteiger partial charge in [0, 0.05) is 49.4 Å². The van der Waals surface area contributed by atoms with Gasteiger partial charge in [-0.3, -0.25) is 4.90 Å². The maximum atomic E-state index is 12.1. The summed E-state index contributed by atoms with van der Waals surface area (Å²) < 4.78 is 29.8. The molecule has 1 N–H and O–H groups in total. The fourth-order valence-corrected chi connectivity index (χ4v) is 6.18. The van der Waals surface area contributed by atoms with Gasteiger partial charge in [0.15, 0.2) is 9.84 Å². The molecule has 0 aromatic rings. The van der Waals surface area contributed by atoms with E-state index >= 15 is 0 Å². The van der Waals surface area contributed by atoms with Crippen molar-refractivity contribution in [2.45, 2.75) is 25.1 Å². The van der Waals surface area contributed by atoms with Gasteiger partial charge < -0.3 is 10.1 Å². The second-order valence-corrected chi connectivity index (χ2v) is 9.62. The third kappa shape index (κ3) is 4.82. The lowest BCUT2D eigenvalue weighted by molar-refractivity contribution is -0.0266. The van der Waals surface area contributed by atoms with Gasteiger partial charge in [0.05, 0.1) is 6.61 Å². The Balaban J connectivity index is 2.09. The van der Waals surface area contributed by atoms with Crippen molar-refractivity contribution in [3.8, 4) is 0 Å². The molecule has 0 amide bonds. The molecule has 5 nitrogen and oxygen atoms in total. The van der Waals surface area contributed by atoms with Gasteiger partial charge in [0.1, 0.15) is 5.37 Å². The standard InChI is InChI=1S/C14H28N2O3S2/c1-3-15-10-14(5-4-7-19-12-14)11-16-6-8-20-9-13(16)21(2,17)18/h13,15H,3-12H2,1-2H3. The average molecular weight is 337 g/mol. The average Bonchev–Trinajstić information content (AvgIpc) is 2.46. The molecule has 0 spiro atoms. The van der Waals surface area contributed by atoms with E-state index in [2.05, 4.69) is 17.1 Å². The number of hydrogen-bond acceptors (Lipinski definition) is 6.